The molecule has 1 aromatic rings. The fourth-order valence-electron chi connectivity index (χ4n) is 1.72. The second-order valence-corrected chi connectivity index (χ2v) is 5.26. The molecule has 0 aromatic heterocycles. The van der Waals surface area contributed by atoms with Gasteiger partial charge in [-0.25, -0.2) is 0 Å². The second kappa shape index (κ2) is 8.15. The van der Waals surface area contributed by atoms with Crippen LogP contribution in [0.3, 0.4) is 0 Å². The summed E-state index contributed by atoms with van der Waals surface area (Å²) in [6.07, 6.45) is 0.225. The third-order valence-corrected chi connectivity index (χ3v) is 3.00. The maximum atomic E-state index is 11.8. The predicted octanol–water partition coefficient (Wildman–Crippen LogP) is 1.82. The number of amides is 1. The molecule has 0 aliphatic heterocycles. The van der Waals surface area contributed by atoms with Crippen LogP contribution >= 0.6 is 0 Å². The fourth-order valence-corrected chi connectivity index (χ4v) is 1.72. The Balaban J connectivity index is 2.40. The average Bonchev–Trinajstić information content (AvgIpc) is 2.48. The van der Waals surface area contributed by atoms with E-state index >= 15 is 0 Å². The summed E-state index contributed by atoms with van der Waals surface area (Å²) in [6, 6.07) is 8.63. The zero-order chi connectivity index (χ0) is 16.6. The monoisotopic (exact) mass is 303 g/mol. The van der Waals surface area contributed by atoms with Crippen molar-refractivity contribution in [3.63, 3.8) is 0 Å². The quantitative estimate of drug-likeness (QED) is 0.750. The van der Waals surface area contributed by atoms with Crippen molar-refractivity contribution in [2.45, 2.75) is 32.7 Å². The van der Waals surface area contributed by atoms with E-state index in [9.17, 15) is 9.59 Å². The first-order chi connectivity index (χ1) is 10.4. The molecule has 118 valence electrons. The molecule has 0 bridgehead atoms. The van der Waals surface area contributed by atoms with Gasteiger partial charge in [0.05, 0.1) is 18.2 Å². The zero-order valence-electron chi connectivity index (χ0n) is 13.1. The average molecular weight is 303 g/mol. The zero-order valence-corrected chi connectivity index (χ0v) is 13.1. The molecule has 6 nitrogen and oxygen atoms in total. The number of rotatable bonds is 7. The van der Waals surface area contributed by atoms with Crippen LogP contribution in [-0.2, 0) is 14.3 Å². The van der Waals surface area contributed by atoms with E-state index in [-0.39, 0.29) is 18.3 Å². The highest BCUT2D eigenvalue weighted by Gasteiger charge is 2.28. The molecule has 0 heterocycles. The molecule has 0 atom stereocenters. The van der Waals surface area contributed by atoms with E-state index in [0.717, 1.165) is 0 Å². The Morgan fingerprint density at radius 2 is 1.91 bits per heavy atom. The van der Waals surface area contributed by atoms with Crippen LogP contribution in [0.2, 0.25) is 0 Å². The molecule has 0 aliphatic rings. The topological polar surface area (TPSA) is 91.2 Å². The number of benzene rings is 1. The van der Waals surface area contributed by atoms with Crippen molar-refractivity contribution in [1.29, 1.82) is 5.26 Å². The van der Waals surface area contributed by atoms with Crippen molar-refractivity contribution in [3.05, 3.63) is 29.8 Å². The molecule has 1 amide bonds. The molecule has 0 unspecified atom stereocenters. The first kappa shape index (κ1) is 17.7. The van der Waals surface area contributed by atoms with Gasteiger partial charge in [-0.2, -0.15) is 5.26 Å². The molecule has 1 aromatic carbocycles. The Morgan fingerprint density at radius 3 is 2.45 bits per heavy atom. The maximum absolute atomic E-state index is 11.8. The van der Waals surface area contributed by atoms with Gasteiger partial charge < -0.3 is 15.4 Å². The van der Waals surface area contributed by atoms with Gasteiger partial charge in [0.2, 0.25) is 5.91 Å². The molecule has 2 N–H and O–H groups in total. The number of nitriles is 1. The van der Waals surface area contributed by atoms with Crippen molar-refractivity contribution >= 4 is 17.6 Å². The molecule has 0 radical (unpaired) electrons. The van der Waals surface area contributed by atoms with Crippen molar-refractivity contribution in [2.24, 2.45) is 0 Å². The second-order valence-electron chi connectivity index (χ2n) is 5.26. The van der Waals surface area contributed by atoms with E-state index in [4.69, 9.17) is 10.00 Å². The Bertz CT molecular complexity index is 559. The standard InChI is InChI=1S/C16H21N3O3/c1-4-22-15(21)16(2,3)18-10-9-14(20)19-13-7-5-12(11-17)6-8-13/h5-8,18H,4,9-10H2,1-3H3,(H,19,20). The van der Waals surface area contributed by atoms with E-state index in [0.29, 0.717) is 24.4 Å². The van der Waals surface area contributed by atoms with E-state index < -0.39 is 5.54 Å². The minimum absolute atomic E-state index is 0.170. The number of esters is 1. The molecular weight excluding hydrogens is 282 g/mol. The van der Waals surface area contributed by atoms with Crippen molar-refractivity contribution < 1.29 is 14.3 Å². The molecule has 0 saturated carbocycles. The fraction of sp³-hybridized carbons (Fsp3) is 0.438. The highest BCUT2D eigenvalue weighted by Crippen LogP contribution is 2.09. The predicted molar refractivity (Wildman–Crippen MR) is 83.1 cm³/mol. The van der Waals surface area contributed by atoms with Crippen molar-refractivity contribution in [1.82, 2.24) is 5.32 Å². The van der Waals surface area contributed by atoms with Gasteiger partial charge >= 0.3 is 5.97 Å². The Labute approximate surface area is 130 Å². The highest BCUT2D eigenvalue weighted by atomic mass is 16.5. The number of nitrogens with zero attached hydrogens (tertiary/aromatic N) is 1. The summed E-state index contributed by atoms with van der Waals surface area (Å²) in [7, 11) is 0. The van der Waals surface area contributed by atoms with E-state index in [2.05, 4.69) is 10.6 Å². The van der Waals surface area contributed by atoms with Gasteiger partial charge in [0.25, 0.3) is 0 Å². The minimum atomic E-state index is -0.829. The van der Waals surface area contributed by atoms with Crippen LogP contribution in [0.15, 0.2) is 24.3 Å². The highest BCUT2D eigenvalue weighted by molar-refractivity contribution is 5.91. The summed E-state index contributed by atoms with van der Waals surface area (Å²) >= 11 is 0. The summed E-state index contributed by atoms with van der Waals surface area (Å²) in [6.45, 7) is 5.85. The number of hydrogen-bond acceptors (Lipinski definition) is 5. The normalized spacial score (nSPS) is 10.6. The maximum Gasteiger partial charge on any atom is 0.325 e. The molecule has 0 saturated heterocycles. The lowest BCUT2D eigenvalue weighted by Crippen LogP contribution is -2.48. The third kappa shape index (κ3) is 5.54. The summed E-state index contributed by atoms with van der Waals surface area (Å²) in [5.74, 6) is -0.514. The van der Waals surface area contributed by atoms with Crippen LogP contribution in [-0.4, -0.2) is 30.6 Å². The first-order valence-electron chi connectivity index (χ1n) is 7.11. The molecule has 22 heavy (non-hydrogen) atoms. The van der Waals surface area contributed by atoms with Crippen LogP contribution in [0.1, 0.15) is 32.8 Å². The number of ether oxygens (including phenoxy) is 1. The van der Waals surface area contributed by atoms with Crippen LogP contribution in [0.4, 0.5) is 5.69 Å². The van der Waals surface area contributed by atoms with Gasteiger partial charge in [0.15, 0.2) is 0 Å². The Morgan fingerprint density at radius 1 is 1.27 bits per heavy atom. The largest absolute Gasteiger partial charge is 0.465 e. The van der Waals surface area contributed by atoms with E-state index in [1.54, 1.807) is 45.0 Å². The van der Waals surface area contributed by atoms with Crippen LogP contribution in [0.5, 0.6) is 0 Å². The van der Waals surface area contributed by atoms with Crippen LogP contribution < -0.4 is 10.6 Å². The van der Waals surface area contributed by atoms with Gasteiger partial charge in [0.1, 0.15) is 5.54 Å². The molecular formula is C16H21N3O3. The van der Waals surface area contributed by atoms with Crippen molar-refractivity contribution in [2.75, 3.05) is 18.5 Å². The Kier molecular flexibility index (Phi) is 6.54. The minimum Gasteiger partial charge on any atom is -0.465 e. The number of hydrogen-bond donors (Lipinski definition) is 2. The van der Waals surface area contributed by atoms with Gasteiger partial charge in [-0.1, -0.05) is 0 Å². The molecule has 1 rings (SSSR count). The molecule has 0 fully saturated rings. The van der Waals surface area contributed by atoms with Gasteiger partial charge in [-0.15, -0.1) is 0 Å². The molecule has 6 heteroatoms. The third-order valence-electron chi connectivity index (χ3n) is 3.00. The van der Waals surface area contributed by atoms with Crippen molar-refractivity contribution in [3.8, 4) is 6.07 Å². The summed E-state index contributed by atoms with van der Waals surface area (Å²) in [4.78, 5) is 23.5. The number of anilines is 1. The number of carbonyl (C=O) groups excluding carboxylic acids is 2. The van der Waals surface area contributed by atoms with Crippen LogP contribution in [0, 0.1) is 11.3 Å². The summed E-state index contributed by atoms with van der Waals surface area (Å²) in [5, 5.41) is 14.4. The van der Waals surface area contributed by atoms with Gasteiger partial charge in [0, 0.05) is 18.7 Å². The number of nitrogens with one attached hydrogen (secondary N) is 2. The smallest absolute Gasteiger partial charge is 0.325 e. The lowest BCUT2D eigenvalue weighted by Gasteiger charge is -2.23. The number of carbonyl (C=O) groups is 2. The molecule has 0 spiro atoms. The SMILES string of the molecule is CCOC(=O)C(C)(C)NCCC(=O)Nc1ccc(C#N)cc1. The lowest BCUT2D eigenvalue weighted by molar-refractivity contribution is -0.149. The summed E-state index contributed by atoms with van der Waals surface area (Å²) in [5.41, 5.74) is 0.342. The summed E-state index contributed by atoms with van der Waals surface area (Å²) < 4.78 is 4.95. The van der Waals surface area contributed by atoms with E-state index in [1.807, 2.05) is 6.07 Å². The first-order valence-corrected chi connectivity index (χ1v) is 7.11. The molecule has 0 aliphatic carbocycles. The Hall–Kier alpha value is -2.39. The lowest BCUT2D eigenvalue weighted by atomic mass is 10.1. The van der Waals surface area contributed by atoms with Gasteiger partial charge in [-0.3, -0.25) is 9.59 Å². The van der Waals surface area contributed by atoms with Crippen LogP contribution in [0.25, 0.3) is 0 Å². The van der Waals surface area contributed by atoms with E-state index in [1.165, 1.54) is 0 Å². The van der Waals surface area contributed by atoms with Gasteiger partial charge in [-0.05, 0) is 45.0 Å².